The van der Waals surface area contributed by atoms with Gasteiger partial charge in [-0.25, -0.2) is 13.2 Å². The van der Waals surface area contributed by atoms with E-state index in [4.69, 9.17) is 5.73 Å². The lowest BCUT2D eigenvalue weighted by molar-refractivity contribution is 0.0607. The van der Waals surface area contributed by atoms with Gasteiger partial charge in [0.15, 0.2) is 5.82 Å². The van der Waals surface area contributed by atoms with Gasteiger partial charge in [0, 0.05) is 13.2 Å². The van der Waals surface area contributed by atoms with Gasteiger partial charge in [0.2, 0.25) is 0 Å². The molecule has 8 nitrogen and oxygen atoms in total. The SMILES string of the molecule is COC(=O)c1scc(C)c1NS(=O)(=O)c1cn(C)nc1N. The van der Waals surface area contributed by atoms with Crippen molar-refractivity contribution in [2.45, 2.75) is 11.8 Å². The molecule has 0 saturated heterocycles. The van der Waals surface area contributed by atoms with Gasteiger partial charge in [-0.2, -0.15) is 5.10 Å². The highest BCUT2D eigenvalue weighted by atomic mass is 32.2. The van der Waals surface area contributed by atoms with Gasteiger partial charge < -0.3 is 10.5 Å². The van der Waals surface area contributed by atoms with Crippen LogP contribution in [-0.4, -0.2) is 31.3 Å². The number of sulfonamides is 1. The molecule has 0 amide bonds. The molecule has 114 valence electrons. The Balaban J connectivity index is 2.44. The Morgan fingerprint density at radius 3 is 2.71 bits per heavy atom. The summed E-state index contributed by atoms with van der Waals surface area (Å²) in [6.45, 7) is 1.69. The maximum absolute atomic E-state index is 12.4. The number of rotatable bonds is 4. The Labute approximate surface area is 125 Å². The lowest BCUT2D eigenvalue weighted by atomic mass is 10.3. The highest BCUT2D eigenvalue weighted by Gasteiger charge is 2.25. The van der Waals surface area contributed by atoms with Crippen LogP contribution >= 0.6 is 11.3 Å². The molecule has 2 aromatic heterocycles. The first-order valence-electron chi connectivity index (χ1n) is 5.74. The fourth-order valence-electron chi connectivity index (χ4n) is 1.69. The van der Waals surface area contributed by atoms with E-state index in [1.165, 1.54) is 18.0 Å². The standard InChI is InChI=1S/C11H14N4O4S2/c1-6-5-20-9(11(16)19-3)8(6)14-21(17,18)7-4-15(2)13-10(7)12/h4-5,14H,1-3H3,(H2,12,13). The van der Waals surface area contributed by atoms with Gasteiger partial charge in [-0.15, -0.1) is 11.3 Å². The van der Waals surface area contributed by atoms with Crippen LogP contribution in [0.4, 0.5) is 11.5 Å². The number of hydrogen-bond acceptors (Lipinski definition) is 7. The number of anilines is 2. The predicted octanol–water partition coefficient (Wildman–Crippen LogP) is 0.960. The van der Waals surface area contributed by atoms with Crippen molar-refractivity contribution in [3.05, 3.63) is 22.0 Å². The number of nitrogens with two attached hydrogens (primary N) is 1. The number of thiophene rings is 1. The molecule has 0 aromatic carbocycles. The molecule has 0 aliphatic carbocycles. The molecule has 21 heavy (non-hydrogen) atoms. The van der Waals surface area contributed by atoms with Crippen LogP contribution in [-0.2, 0) is 21.8 Å². The number of nitrogens with one attached hydrogen (secondary N) is 1. The summed E-state index contributed by atoms with van der Waals surface area (Å²) in [5.74, 6) is -0.720. The largest absolute Gasteiger partial charge is 0.465 e. The molecule has 2 heterocycles. The lowest BCUT2D eigenvalue weighted by Crippen LogP contribution is -2.16. The quantitative estimate of drug-likeness (QED) is 0.807. The molecule has 0 aliphatic rings. The van der Waals surface area contributed by atoms with E-state index in [-0.39, 0.29) is 21.3 Å². The number of hydrogen-bond donors (Lipinski definition) is 2. The van der Waals surface area contributed by atoms with Crippen LogP contribution in [0.5, 0.6) is 0 Å². The number of ether oxygens (including phenoxy) is 1. The maximum atomic E-state index is 12.4. The molecule has 0 spiro atoms. The van der Waals surface area contributed by atoms with Gasteiger partial charge in [0.1, 0.15) is 9.77 Å². The van der Waals surface area contributed by atoms with Crippen molar-refractivity contribution in [2.24, 2.45) is 7.05 Å². The normalized spacial score (nSPS) is 11.4. The third-order valence-electron chi connectivity index (χ3n) is 2.69. The van der Waals surface area contributed by atoms with Crippen LogP contribution < -0.4 is 10.5 Å². The van der Waals surface area contributed by atoms with Crippen LogP contribution in [0.3, 0.4) is 0 Å². The Kier molecular flexibility index (Phi) is 3.92. The molecule has 10 heteroatoms. The minimum Gasteiger partial charge on any atom is -0.465 e. The van der Waals surface area contributed by atoms with Gasteiger partial charge in [-0.1, -0.05) is 0 Å². The van der Waals surface area contributed by atoms with E-state index < -0.39 is 16.0 Å². The van der Waals surface area contributed by atoms with Gasteiger partial charge in [0.25, 0.3) is 10.0 Å². The molecule has 0 atom stereocenters. The maximum Gasteiger partial charge on any atom is 0.350 e. The van der Waals surface area contributed by atoms with Crippen molar-refractivity contribution in [3.63, 3.8) is 0 Å². The van der Waals surface area contributed by atoms with Gasteiger partial charge in [0.05, 0.1) is 12.8 Å². The summed E-state index contributed by atoms with van der Waals surface area (Å²) in [6, 6.07) is 0. The average molecular weight is 330 g/mol. The monoisotopic (exact) mass is 330 g/mol. The molecular formula is C11H14N4O4S2. The second kappa shape index (κ2) is 5.37. The topological polar surface area (TPSA) is 116 Å². The van der Waals surface area contributed by atoms with Crippen LogP contribution in [0.1, 0.15) is 15.2 Å². The molecule has 0 unspecified atom stereocenters. The molecule has 0 aliphatic heterocycles. The first-order valence-corrected chi connectivity index (χ1v) is 8.11. The molecule has 2 rings (SSSR count). The van der Waals surface area contributed by atoms with E-state index in [0.29, 0.717) is 5.56 Å². The molecule has 2 aromatic rings. The summed E-state index contributed by atoms with van der Waals surface area (Å²) in [5, 5.41) is 5.45. The van der Waals surface area contributed by atoms with Gasteiger partial charge in [-0.3, -0.25) is 9.40 Å². The second-order valence-electron chi connectivity index (χ2n) is 4.27. The smallest absolute Gasteiger partial charge is 0.350 e. The van der Waals surface area contributed by atoms with Crippen molar-refractivity contribution < 1.29 is 17.9 Å². The summed E-state index contributed by atoms with van der Waals surface area (Å²) >= 11 is 1.10. The third-order valence-corrected chi connectivity index (χ3v) is 5.14. The molecule has 0 fully saturated rings. The fraction of sp³-hybridized carbons (Fsp3) is 0.273. The zero-order chi connectivity index (χ0) is 15.8. The number of carbonyl (C=O) groups is 1. The van der Waals surface area contributed by atoms with Gasteiger partial charge in [-0.05, 0) is 17.9 Å². The van der Waals surface area contributed by atoms with Crippen LogP contribution in [0.25, 0.3) is 0 Å². The van der Waals surface area contributed by atoms with E-state index in [1.54, 1.807) is 19.4 Å². The summed E-state index contributed by atoms with van der Waals surface area (Å²) in [5.41, 5.74) is 6.39. The van der Waals surface area contributed by atoms with Crippen LogP contribution in [0.15, 0.2) is 16.5 Å². The fourth-order valence-corrected chi connectivity index (χ4v) is 3.93. The minimum atomic E-state index is -3.94. The van der Waals surface area contributed by atoms with Crippen molar-refractivity contribution in [1.82, 2.24) is 9.78 Å². The number of nitrogens with zero attached hydrogens (tertiary/aromatic N) is 2. The third kappa shape index (κ3) is 2.85. The van der Waals surface area contributed by atoms with E-state index in [1.807, 2.05) is 0 Å². The Hall–Kier alpha value is -2.07. The van der Waals surface area contributed by atoms with E-state index in [0.717, 1.165) is 11.3 Å². The number of methoxy groups -OCH3 is 1. The predicted molar refractivity (Wildman–Crippen MR) is 78.8 cm³/mol. The summed E-state index contributed by atoms with van der Waals surface area (Å²) in [6.07, 6.45) is 1.29. The van der Waals surface area contributed by atoms with Crippen LogP contribution in [0, 0.1) is 6.92 Å². The number of esters is 1. The van der Waals surface area contributed by atoms with Crippen molar-refractivity contribution in [2.75, 3.05) is 17.6 Å². The van der Waals surface area contributed by atoms with E-state index in [2.05, 4.69) is 14.6 Å². The zero-order valence-corrected chi connectivity index (χ0v) is 13.2. The lowest BCUT2D eigenvalue weighted by Gasteiger charge is -2.08. The summed E-state index contributed by atoms with van der Waals surface area (Å²) in [7, 11) is -1.15. The first-order chi connectivity index (χ1) is 9.76. The first kappa shape index (κ1) is 15.3. The Morgan fingerprint density at radius 2 is 2.19 bits per heavy atom. The number of nitrogen functional groups attached to an aromatic ring is 1. The molecule has 0 radical (unpaired) electrons. The second-order valence-corrected chi connectivity index (χ2v) is 6.80. The van der Waals surface area contributed by atoms with E-state index in [9.17, 15) is 13.2 Å². The van der Waals surface area contributed by atoms with E-state index >= 15 is 0 Å². The summed E-state index contributed by atoms with van der Waals surface area (Å²) in [4.78, 5) is 11.7. The number of aromatic nitrogens is 2. The van der Waals surface area contributed by atoms with Gasteiger partial charge >= 0.3 is 5.97 Å². The molecule has 3 N–H and O–H groups in total. The van der Waals surface area contributed by atoms with Crippen molar-refractivity contribution in [1.29, 1.82) is 0 Å². The summed E-state index contributed by atoms with van der Waals surface area (Å²) < 4.78 is 33.0. The van der Waals surface area contributed by atoms with Crippen molar-refractivity contribution in [3.8, 4) is 0 Å². The Bertz CT molecular complexity index is 791. The number of aryl methyl sites for hydroxylation is 2. The average Bonchev–Trinajstić information content (AvgIpc) is 2.92. The zero-order valence-electron chi connectivity index (χ0n) is 11.6. The number of carbonyl (C=O) groups excluding carboxylic acids is 1. The minimum absolute atomic E-state index is 0.113. The molecule has 0 bridgehead atoms. The van der Waals surface area contributed by atoms with Crippen LogP contribution in [0.2, 0.25) is 0 Å². The highest BCUT2D eigenvalue weighted by Crippen LogP contribution is 2.31. The molecule has 0 saturated carbocycles. The molecular weight excluding hydrogens is 316 g/mol. The Morgan fingerprint density at radius 1 is 1.52 bits per heavy atom. The highest BCUT2D eigenvalue weighted by molar-refractivity contribution is 7.93. The van der Waals surface area contributed by atoms with Crippen molar-refractivity contribution >= 4 is 38.8 Å².